The zero-order valence-corrected chi connectivity index (χ0v) is 12.4. The van der Waals surface area contributed by atoms with Gasteiger partial charge in [-0.05, 0) is 6.92 Å². The summed E-state index contributed by atoms with van der Waals surface area (Å²) in [5.41, 5.74) is -0.0358. The Morgan fingerprint density at radius 3 is 2.70 bits per heavy atom. The third kappa shape index (κ3) is 3.70. The van der Waals surface area contributed by atoms with Gasteiger partial charge in [0.25, 0.3) is 0 Å². The van der Waals surface area contributed by atoms with E-state index in [9.17, 15) is 19.7 Å². The van der Waals surface area contributed by atoms with Crippen LogP contribution in [0.2, 0.25) is 0 Å². The molecule has 0 radical (unpaired) electrons. The highest BCUT2D eigenvalue weighted by atomic mass is 16.6. The maximum absolute atomic E-state index is 12.0. The van der Waals surface area contributed by atoms with E-state index in [0.29, 0.717) is 6.54 Å². The molecule has 2 aromatic rings. The maximum Gasteiger partial charge on any atom is 0.360 e. The molecule has 0 saturated carbocycles. The van der Waals surface area contributed by atoms with Crippen molar-refractivity contribution in [2.45, 2.75) is 20.0 Å². The molecule has 2 heterocycles. The quantitative estimate of drug-likeness (QED) is 0.463. The first-order chi connectivity index (χ1) is 10.9. The molecule has 2 aromatic heterocycles. The average Bonchev–Trinajstić information content (AvgIpc) is 3.13. The molecule has 0 aromatic carbocycles. The molecule has 0 aliphatic heterocycles. The average molecular weight is 322 g/mol. The molecule has 0 aliphatic carbocycles. The summed E-state index contributed by atoms with van der Waals surface area (Å²) >= 11 is 0. The molecule has 0 saturated heterocycles. The van der Waals surface area contributed by atoms with Gasteiger partial charge in [0.15, 0.2) is 5.69 Å². The predicted octanol–water partition coefficient (Wildman–Crippen LogP) is 0.433. The van der Waals surface area contributed by atoms with Gasteiger partial charge in [-0.2, -0.15) is 10.2 Å². The number of ether oxygens (including phenoxy) is 1. The Kier molecular flexibility index (Phi) is 4.69. The van der Waals surface area contributed by atoms with Crippen LogP contribution in [0, 0.1) is 10.1 Å². The number of aromatic nitrogens is 4. The molecule has 1 amide bonds. The third-order valence-electron chi connectivity index (χ3n) is 2.87. The molecule has 0 atom stereocenters. The Bertz CT molecular complexity index is 749. The van der Waals surface area contributed by atoms with E-state index < -0.39 is 16.8 Å². The maximum atomic E-state index is 12.0. The number of nitrogens with one attached hydrogen (secondary N) is 1. The summed E-state index contributed by atoms with van der Waals surface area (Å²) in [4.78, 5) is 33.6. The first-order valence-electron chi connectivity index (χ1n) is 6.57. The van der Waals surface area contributed by atoms with Gasteiger partial charge in [-0.3, -0.25) is 24.3 Å². The lowest BCUT2D eigenvalue weighted by molar-refractivity contribution is -0.385. The van der Waals surface area contributed by atoms with E-state index in [1.165, 1.54) is 18.0 Å². The molecular formula is C12H14N6O5. The van der Waals surface area contributed by atoms with Crippen LogP contribution >= 0.6 is 0 Å². The Balaban J connectivity index is 2.11. The fourth-order valence-corrected chi connectivity index (χ4v) is 1.79. The van der Waals surface area contributed by atoms with Gasteiger partial charge in [0.05, 0.1) is 17.7 Å². The van der Waals surface area contributed by atoms with Crippen molar-refractivity contribution in [3.63, 3.8) is 0 Å². The first kappa shape index (κ1) is 16.1. The van der Waals surface area contributed by atoms with Gasteiger partial charge in [0.1, 0.15) is 18.9 Å². The van der Waals surface area contributed by atoms with Crippen LogP contribution in [0.25, 0.3) is 0 Å². The fourth-order valence-electron chi connectivity index (χ4n) is 1.79. The van der Waals surface area contributed by atoms with Gasteiger partial charge in [0.2, 0.25) is 5.91 Å². The normalized spacial score (nSPS) is 10.3. The Hall–Kier alpha value is -3.24. The summed E-state index contributed by atoms with van der Waals surface area (Å²) in [6.07, 6.45) is 3.67. The molecule has 11 nitrogen and oxygen atoms in total. The highest BCUT2D eigenvalue weighted by Gasteiger charge is 2.19. The Morgan fingerprint density at radius 1 is 1.39 bits per heavy atom. The molecule has 0 unspecified atom stereocenters. The van der Waals surface area contributed by atoms with Crippen molar-refractivity contribution in [2.24, 2.45) is 0 Å². The zero-order valence-electron chi connectivity index (χ0n) is 12.4. The molecule has 0 bridgehead atoms. The van der Waals surface area contributed by atoms with E-state index >= 15 is 0 Å². The summed E-state index contributed by atoms with van der Waals surface area (Å²) in [6, 6.07) is 0. The standard InChI is InChI=1S/C12H14N6O5/c1-3-16-6-9(11(15-16)12(20)23-2)14-10(19)7-17-5-8(4-13-17)18(21)22/h4-6H,3,7H2,1-2H3,(H,14,19). The van der Waals surface area contributed by atoms with Crippen LogP contribution in [0.1, 0.15) is 17.4 Å². The Labute approximate surface area is 130 Å². The molecule has 122 valence electrons. The van der Waals surface area contributed by atoms with Crippen LogP contribution in [0.4, 0.5) is 11.4 Å². The van der Waals surface area contributed by atoms with Crippen LogP contribution in [-0.2, 0) is 22.6 Å². The van der Waals surface area contributed by atoms with Crippen LogP contribution in [0.15, 0.2) is 18.6 Å². The number of carbonyl (C=O) groups is 2. The van der Waals surface area contributed by atoms with Crippen molar-refractivity contribution in [3.8, 4) is 0 Å². The molecular weight excluding hydrogens is 308 g/mol. The second-order valence-electron chi connectivity index (χ2n) is 4.44. The summed E-state index contributed by atoms with van der Waals surface area (Å²) in [5.74, 6) is -1.19. The smallest absolute Gasteiger partial charge is 0.360 e. The van der Waals surface area contributed by atoms with Crippen molar-refractivity contribution in [3.05, 3.63) is 34.4 Å². The molecule has 0 fully saturated rings. The number of methoxy groups -OCH3 is 1. The predicted molar refractivity (Wildman–Crippen MR) is 76.8 cm³/mol. The lowest BCUT2D eigenvalue weighted by Crippen LogP contribution is -2.20. The summed E-state index contributed by atoms with van der Waals surface area (Å²) in [7, 11) is 1.21. The van der Waals surface area contributed by atoms with Crippen molar-refractivity contribution >= 4 is 23.3 Å². The second kappa shape index (κ2) is 6.68. The number of hydrogen-bond donors (Lipinski definition) is 1. The van der Waals surface area contributed by atoms with Gasteiger partial charge in [0, 0.05) is 12.7 Å². The molecule has 0 spiro atoms. The molecule has 23 heavy (non-hydrogen) atoms. The number of aryl methyl sites for hydroxylation is 1. The number of anilines is 1. The third-order valence-corrected chi connectivity index (χ3v) is 2.87. The van der Waals surface area contributed by atoms with Crippen molar-refractivity contribution < 1.29 is 19.2 Å². The molecule has 0 aliphatic rings. The lowest BCUT2D eigenvalue weighted by atomic mass is 10.3. The fraction of sp³-hybridized carbons (Fsp3) is 0.333. The topological polar surface area (TPSA) is 134 Å². The van der Waals surface area contributed by atoms with E-state index in [2.05, 4.69) is 20.3 Å². The largest absolute Gasteiger partial charge is 0.464 e. The van der Waals surface area contributed by atoms with Gasteiger partial charge < -0.3 is 10.1 Å². The van der Waals surface area contributed by atoms with Crippen LogP contribution in [-0.4, -0.2) is 43.5 Å². The van der Waals surface area contributed by atoms with Gasteiger partial charge in [-0.1, -0.05) is 0 Å². The minimum atomic E-state index is -0.678. The Morgan fingerprint density at radius 2 is 2.13 bits per heavy atom. The van der Waals surface area contributed by atoms with E-state index in [1.807, 2.05) is 6.92 Å². The number of nitro groups is 1. The second-order valence-corrected chi connectivity index (χ2v) is 4.44. The number of amides is 1. The van der Waals surface area contributed by atoms with E-state index in [4.69, 9.17) is 0 Å². The number of rotatable bonds is 6. The van der Waals surface area contributed by atoms with Gasteiger partial charge in [-0.15, -0.1) is 0 Å². The van der Waals surface area contributed by atoms with Crippen molar-refractivity contribution in [1.82, 2.24) is 19.6 Å². The van der Waals surface area contributed by atoms with E-state index in [1.54, 1.807) is 0 Å². The first-order valence-corrected chi connectivity index (χ1v) is 6.57. The molecule has 11 heteroatoms. The lowest BCUT2D eigenvalue weighted by Gasteiger charge is -2.04. The summed E-state index contributed by atoms with van der Waals surface area (Å²) < 4.78 is 7.20. The zero-order chi connectivity index (χ0) is 17.0. The SMILES string of the molecule is CCn1cc(NC(=O)Cn2cc([N+](=O)[O-])cn2)c(C(=O)OC)n1. The van der Waals surface area contributed by atoms with Gasteiger partial charge in [-0.25, -0.2) is 4.79 Å². The highest BCUT2D eigenvalue weighted by molar-refractivity contribution is 5.99. The summed E-state index contributed by atoms with van der Waals surface area (Å²) in [5, 5.41) is 20.8. The number of carbonyl (C=O) groups excluding carboxylic acids is 2. The van der Waals surface area contributed by atoms with E-state index in [-0.39, 0.29) is 23.6 Å². The van der Waals surface area contributed by atoms with Gasteiger partial charge >= 0.3 is 11.7 Å². The minimum Gasteiger partial charge on any atom is -0.464 e. The number of hydrogen-bond acceptors (Lipinski definition) is 7. The van der Waals surface area contributed by atoms with Crippen LogP contribution < -0.4 is 5.32 Å². The minimum absolute atomic E-state index is 0.0193. The molecule has 2 rings (SSSR count). The monoisotopic (exact) mass is 322 g/mol. The summed E-state index contributed by atoms with van der Waals surface area (Å²) in [6.45, 7) is 2.08. The number of esters is 1. The molecule has 1 N–H and O–H groups in total. The highest BCUT2D eigenvalue weighted by Crippen LogP contribution is 2.15. The van der Waals surface area contributed by atoms with Crippen molar-refractivity contribution in [2.75, 3.05) is 12.4 Å². The van der Waals surface area contributed by atoms with Crippen LogP contribution in [0.5, 0.6) is 0 Å². The van der Waals surface area contributed by atoms with Crippen molar-refractivity contribution in [1.29, 1.82) is 0 Å². The number of nitrogens with zero attached hydrogens (tertiary/aromatic N) is 5. The van der Waals surface area contributed by atoms with E-state index in [0.717, 1.165) is 17.1 Å². The van der Waals surface area contributed by atoms with Crippen LogP contribution in [0.3, 0.4) is 0 Å².